The number of nitrogens with zero attached hydrogens (tertiary/aromatic N) is 1. The zero-order valence-electron chi connectivity index (χ0n) is 18.3. The number of carbonyl (C=O) groups excluding carboxylic acids is 1. The molecule has 2 aromatic carbocycles. The number of para-hydroxylation sites is 1. The molecule has 0 unspecified atom stereocenters. The molecular weight excluding hydrogens is 426 g/mol. The van der Waals surface area contributed by atoms with Crippen LogP contribution in [0.4, 0.5) is 0 Å². The van der Waals surface area contributed by atoms with Crippen molar-refractivity contribution in [2.24, 2.45) is 7.05 Å². The van der Waals surface area contributed by atoms with Crippen LogP contribution in [-0.2, 0) is 16.6 Å². The minimum absolute atomic E-state index is 0.132. The van der Waals surface area contributed by atoms with E-state index in [0.29, 0.717) is 22.2 Å². The summed E-state index contributed by atoms with van der Waals surface area (Å²) in [5, 5.41) is 1.29. The first kappa shape index (κ1) is 20.8. The van der Waals surface area contributed by atoms with Gasteiger partial charge in [0, 0.05) is 18.7 Å². The van der Waals surface area contributed by atoms with Crippen LogP contribution in [0, 0.1) is 0 Å². The van der Waals surface area contributed by atoms with Gasteiger partial charge in [0.2, 0.25) is 6.10 Å². The number of hydrogen-bond donors (Lipinski definition) is 0. The van der Waals surface area contributed by atoms with E-state index < -0.39 is 23.6 Å². The Balaban J connectivity index is 1.80. The average Bonchev–Trinajstić information content (AvgIpc) is 3.23. The molecule has 0 saturated heterocycles. The number of hydrogen-bond acceptors (Lipinski definition) is 7. The lowest BCUT2D eigenvalue weighted by Gasteiger charge is -2.18. The van der Waals surface area contributed by atoms with Gasteiger partial charge < -0.3 is 23.2 Å². The molecule has 0 saturated carbocycles. The van der Waals surface area contributed by atoms with Gasteiger partial charge in [-0.05, 0) is 42.6 Å². The number of methoxy groups -OCH3 is 1. The molecule has 0 fully saturated rings. The van der Waals surface area contributed by atoms with Gasteiger partial charge in [-0.3, -0.25) is 4.79 Å². The minimum Gasteiger partial charge on any atom is -0.497 e. The number of rotatable bonds is 4. The molecule has 2 atom stereocenters. The molecule has 0 spiro atoms. The van der Waals surface area contributed by atoms with Crippen molar-refractivity contribution in [2.75, 3.05) is 13.7 Å². The number of fused-ring (bicyclic) bond motifs is 4. The van der Waals surface area contributed by atoms with E-state index in [9.17, 15) is 14.4 Å². The lowest BCUT2D eigenvalue weighted by Crippen LogP contribution is -2.36. The second-order valence-electron chi connectivity index (χ2n) is 7.79. The Morgan fingerprint density at radius 3 is 2.67 bits per heavy atom. The van der Waals surface area contributed by atoms with E-state index in [2.05, 4.69) is 0 Å². The lowest BCUT2D eigenvalue weighted by atomic mass is 9.88. The maximum absolute atomic E-state index is 13.5. The van der Waals surface area contributed by atoms with Crippen molar-refractivity contribution < 1.29 is 23.4 Å². The average molecular weight is 447 g/mol. The normalized spacial score (nSPS) is 17.1. The van der Waals surface area contributed by atoms with Crippen LogP contribution in [-0.4, -0.2) is 30.4 Å². The van der Waals surface area contributed by atoms with Gasteiger partial charge in [0.25, 0.3) is 5.56 Å². The predicted molar refractivity (Wildman–Crippen MR) is 121 cm³/mol. The van der Waals surface area contributed by atoms with Crippen molar-refractivity contribution in [3.05, 3.63) is 80.4 Å². The summed E-state index contributed by atoms with van der Waals surface area (Å²) >= 11 is 0. The number of pyridine rings is 1. The maximum atomic E-state index is 13.5. The van der Waals surface area contributed by atoms with E-state index >= 15 is 0 Å². The van der Waals surface area contributed by atoms with Crippen molar-refractivity contribution in [2.45, 2.75) is 18.9 Å². The SMILES string of the molecule is CCOC(=O)[C@@H]1Oc2c(c(=O)oc3ccccc23)[C@@H]1c1cc2ccc(OC)cc2n(C)c1=O. The first-order valence-corrected chi connectivity index (χ1v) is 10.5. The van der Waals surface area contributed by atoms with Crippen molar-refractivity contribution in [3.8, 4) is 11.5 Å². The van der Waals surface area contributed by atoms with Crippen LogP contribution in [0.5, 0.6) is 11.5 Å². The summed E-state index contributed by atoms with van der Waals surface area (Å²) in [6.07, 6.45) is -1.20. The number of carbonyl (C=O) groups is 1. The van der Waals surface area contributed by atoms with Crippen molar-refractivity contribution in [3.63, 3.8) is 0 Å². The third-order valence-electron chi connectivity index (χ3n) is 5.97. The summed E-state index contributed by atoms with van der Waals surface area (Å²) in [4.78, 5) is 39.4. The Morgan fingerprint density at radius 1 is 1.12 bits per heavy atom. The number of ether oxygens (including phenoxy) is 3. The van der Waals surface area contributed by atoms with Crippen LogP contribution in [0.3, 0.4) is 0 Å². The molecule has 1 aliphatic heterocycles. The summed E-state index contributed by atoms with van der Waals surface area (Å²) < 4.78 is 23.5. The van der Waals surface area contributed by atoms with Crippen LogP contribution >= 0.6 is 0 Å². The predicted octanol–water partition coefficient (Wildman–Crippen LogP) is 3.11. The molecular formula is C25H21NO7. The van der Waals surface area contributed by atoms with E-state index in [-0.39, 0.29) is 29.0 Å². The minimum atomic E-state index is -1.20. The van der Waals surface area contributed by atoms with Crippen molar-refractivity contribution >= 4 is 27.8 Å². The number of benzene rings is 2. The quantitative estimate of drug-likeness (QED) is 0.350. The maximum Gasteiger partial charge on any atom is 0.348 e. The molecule has 168 valence electrons. The largest absolute Gasteiger partial charge is 0.497 e. The third kappa shape index (κ3) is 3.17. The molecule has 8 heteroatoms. The van der Waals surface area contributed by atoms with Gasteiger partial charge in [0.1, 0.15) is 17.1 Å². The highest BCUT2D eigenvalue weighted by Crippen LogP contribution is 2.44. The highest BCUT2D eigenvalue weighted by molar-refractivity contribution is 5.89. The molecule has 2 aromatic heterocycles. The summed E-state index contributed by atoms with van der Waals surface area (Å²) in [5.74, 6) is -0.790. The van der Waals surface area contributed by atoms with Crippen LogP contribution in [0.25, 0.3) is 21.9 Å². The molecule has 8 nitrogen and oxygen atoms in total. The first-order chi connectivity index (χ1) is 15.9. The molecule has 0 bridgehead atoms. The van der Waals surface area contributed by atoms with Crippen molar-refractivity contribution in [1.29, 1.82) is 0 Å². The van der Waals surface area contributed by atoms with E-state index in [1.165, 1.54) is 4.57 Å². The first-order valence-electron chi connectivity index (χ1n) is 10.5. The Morgan fingerprint density at radius 2 is 1.91 bits per heavy atom. The molecule has 0 radical (unpaired) electrons. The third-order valence-corrected chi connectivity index (χ3v) is 5.97. The second kappa shape index (κ2) is 7.81. The number of esters is 1. The molecule has 1 aliphatic rings. The second-order valence-corrected chi connectivity index (χ2v) is 7.79. The Bertz CT molecular complexity index is 1530. The highest BCUT2D eigenvalue weighted by atomic mass is 16.6. The molecule has 0 aliphatic carbocycles. The molecule has 3 heterocycles. The Labute approximate surface area is 187 Å². The highest BCUT2D eigenvalue weighted by Gasteiger charge is 2.46. The van der Waals surface area contributed by atoms with Gasteiger partial charge in [-0.1, -0.05) is 12.1 Å². The Kier molecular flexibility index (Phi) is 4.92. The molecule has 0 N–H and O–H groups in total. The van der Waals surface area contributed by atoms with E-state index in [0.717, 1.165) is 5.39 Å². The van der Waals surface area contributed by atoms with Gasteiger partial charge in [-0.25, -0.2) is 9.59 Å². The smallest absolute Gasteiger partial charge is 0.348 e. The Hall–Kier alpha value is -4.07. The van der Waals surface area contributed by atoms with Gasteiger partial charge >= 0.3 is 11.6 Å². The lowest BCUT2D eigenvalue weighted by molar-refractivity contribution is -0.151. The van der Waals surface area contributed by atoms with Crippen LogP contribution in [0.2, 0.25) is 0 Å². The summed E-state index contributed by atoms with van der Waals surface area (Å²) in [5.41, 5.74) is 0.353. The summed E-state index contributed by atoms with van der Waals surface area (Å²) in [6, 6.07) is 13.9. The molecule has 0 amide bonds. The van der Waals surface area contributed by atoms with Gasteiger partial charge in [-0.15, -0.1) is 0 Å². The van der Waals surface area contributed by atoms with Crippen molar-refractivity contribution in [1.82, 2.24) is 4.57 Å². The van der Waals surface area contributed by atoms with Crippen LogP contribution in [0.1, 0.15) is 24.0 Å². The van der Waals surface area contributed by atoms with Gasteiger partial charge in [-0.2, -0.15) is 0 Å². The monoisotopic (exact) mass is 447 g/mol. The standard InChI is InChI=1S/C25H21NO7/c1-4-31-25(29)22-19(20-21(33-22)15-7-5-6-8-18(15)32-24(20)28)16-11-13-9-10-14(30-3)12-17(13)26(2)23(16)27/h5-12,19,22H,4H2,1-3H3/t19-,22+/m0/s1. The van der Waals surface area contributed by atoms with Crippen LogP contribution < -0.4 is 20.7 Å². The fourth-order valence-corrected chi connectivity index (χ4v) is 4.42. The van der Waals surface area contributed by atoms with Gasteiger partial charge in [0.05, 0.1) is 36.1 Å². The summed E-state index contributed by atoms with van der Waals surface area (Å²) in [7, 11) is 3.18. The molecule has 5 rings (SSSR count). The molecule has 4 aromatic rings. The van der Waals surface area contributed by atoms with E-state index in [1.54, 1.807) is 63.5 Å². The molecule has 33 heavy (non-hydrogen) atoms. The topological polar surface area (TPSA) is 97.0 Å². The van der Waals surface area contributed by atoms with E-state index in [1.807, 2.05) is 6.07 Å². The fourth-order valence-electron chi connectivity index (χ4n) is 4.42. The number of aromatic nitrogens is 1. The van der Waals surface area contributed by atoms with E-state index in [4.69, 9.17) is 18.6 Å². The van der Waals surface area contributed by atoms with Crippen LogP contribution in [0.15, 0.2) is 62.5 Å². The number of aryl methyl sites for hydroxylation is 1. The zero-order valence-corrected chi connectivity index (χ0v) is 18.3. The van der Waals surface area contributed by atoms with Gasteiger partial charge in [0.15, 0.2) is 0 Å². The summed E-state index contributed by atoms with van der Waals surface area (Å²) in [6.45, 7) is 1.81. The fraction of sp³-hybridized carbons (Fsp3) is 0.240. The zero-order chi connectivity index (χ0) is 23.3.